The summed E-state index contributed by atoms with van der Waals surface area (Å²) in [5, 5.41) is 12.1. The third-order valence-corrected chi connectivity index (χ3v) is 5.13. The molecule has 3 N–H and O–H groups in total. The molecule has 2 aromatic carbocycles. The van der Waals surface area contributed by atoms with Gasteiger partial charge in [-0.05, 0) is 30.7 Å². The number of hydrogen-bond donors (Lipinski definition) is 3. The quantitative estimate of drug-likeness (QED) is 0.541. The lowest BCUT2D eigenvalue weighted by molar-refractivity contribution is -0.137. The predicted octanol–water partition coefficient (Wildman–Crippen LogP) is 4.24. The van der Waals surface area contributed by atoms with Gasteiger partial charge in [0.2, 0.25) is 5.91 Å². The zero-order valence-corrected chi connectivity index (χ0v) is 16.1. The van der Waals surface area contributed by atoms with E-state index in [0.29, 0.717) is 16.5 Å². The number of hydrogen-bond acceptors (Lipinski definition) is 3. The topological polar surface area (TPSA) is 86.9 Å². The summed E-state index contributed by atoms with van der Waals surface area (Å²) in [5.74, 6) is -2.50. The zero-order valence-electron chi connectivity index (χ0n) is 16.1. The molecule has 0 unspecified atom stereocenters. The number of halogens is 4. The predicted molar refractivity (Wildman–Crippen MR) is 104 cm³/mol. The van der Waals surface area contributed by atoms with Gasteiger partial charge in [0.25, 0.3) is 5.91 Å². The molecule has 31 heavy (non-hydrogen) atoms. The number of amides is 2. The number of nitrogens with one attached hydrogen (secondary N) is 3. The van der Waals surface area contributed by atoms with Crippen molar-refractivity contribution >= 4 is 28.4 Å². The van der Waals surface area contributed by atoms with Gasteiger partial charge in [-0.25, -0.2) is 4.39 Å². The lowest BCUT2D eigenvalue weighted by atomic mass is 9.83. The van der Waals surface area contributed by atoms with Crippen LogP contribution in [0.4, 0.5) is 23.2 Å². The fraction of sp³-hybridized carbons (Fsp3) is 0.190. The number of H-pyrrole nitrogens is 1. The Morgan fingerprint density at radius 3 is 2.58 bits per heavy atom. The van der Waals surface area contributed by atoms with Crippen LogP contribution in [0.15, 0.2) is 53.9 Å². The van der Waals surface area contributed by atoms with Gasteiger partial charge in [0.05, 0.1) is 23.0 Å². The van der Waals surface area contributed by atoms with E-state index in [0.717, 1.165) is 12.1 Å². The third-order valence-electron chi connectivity index (χ3n) is 5.13. The lowest BCUT2D eigenvalue weighted by Crippen LogP contribution is -2.35. The smallest absolute Gasteiger partial charge is 0.330 e. The fourth-order valence-corrected chi connectivity index (χ4v) is 3.64. The summed E-state index contributed by atoms with van der Waals surface area (Å²) in [5.41, 5.74) is 0.312. The molecular weight excluding hydrogens is 416 g/mol. The van der Waals surface area contributed by atoms with Crippen molar-refractivity contribution in [3.05, 3.63) is 70.8 Å². The number of carbonyl (C=O) groups is 2. The molecule has 10 heteroatoms. The molecule has 1 aliphatic heterocycles. The summed E-state index contributed by atoms with van der Waals surface area (Å²) in [6.45, 7) is 1.51. The van der Waals surface area contributed by atoms with Crippen LogP contribution in [-0.4, -0.2) is 22.0 Å². The second-order valence-electron chi connectivity index (χ2n) is 7.21. The molecule has 2 heterocycles. The first kappa shape index (κ1) is 20.6. The Morgan fingerprint density at radius 2 is 1.90 bits per heavy atom. The minimum Gasteiger partial charge on any atom is -0.330 e. The summed E-state index contributed by atoms with van der Waals surface area (Å²) >= 11 is 0. The molecule has 2 amide bonds. The van der Waals surface area contributed by atoms with Gasteiger partial charge < -0.3 is 10.6 Å². The van der Waals surface area contributed by atoms with Crippen LogP contribution in [0.2, 0.25) is 0 Å². The number of aromatic nitrogens is 2. The van der Waals surface area contributed by atoms with Crippen molar-refractivity contribution in [3.63, 3.8) is 0 Å². The Labute approximate surface area is 173 Å². The standard InChI is InChI=1S/C21H16F4N4O2/c1-10-19(20(31)28-17-6-12-9-26-29-16(12)8-15(17)22)14(7-18(30)27-10)11-2-4-13(5-3-11)21(23,24)25/h2-6,8-9,14H,7H2,1H3,(H,26,29)(H,27,30)(H,28,31)/t14-/m1/s1. The maximum Gasteiger partial charge on any atom is 0.416 e. The number of rotatable bonds is 3. The van der Waals surface area contributed by atoms with E-state index in [9.17, 15) is 27.2 Å². The molecule has 0 radical (unpaired) electrons. The number of nitrogens with zero attached hydrogens (tertiary/aromatic N) is 1. The molecule has 0 aliphatic carbocycles. The molecule has 3 aromatic rings. The Morgan fingerprint density at radius 1 is 1.19 bits per heavy atom. The van der Waals surface area contributed by atoms with Gasteiger partial charge in [-0.3, -0.25) is 14.7 Å². The van der Waals surface area contributed by atoms with E-state index in [1.807, 2.05) is 0 Å². The van der Waals surface area contributed by atoms with Gasteiger partial charge in [-0.2, -0.15) is 18.3 Å². The van der Waals surface area contributed by atoms with Gasteiger partial charge in [0.1, 0.15) is 5.82 Å². The van der Waals surface area contributed by atoms with Crippen LogP contribution < -0.4 is 10.6 Å². The molecule has 1 atom stereocenters. The van der Waals surface area contributed by atoms with Crippen molar-refractivity contribution in [2.75, 3.05) is 5.32 Å². The minimum absolute atomic E-state index is 0.0812. The summed E-state index contributed by atoms with van der Waals surface area (Å²) in [6, 6.07) is 6.89. The Bertz CT molecular complexity index is 1210. The van der Waals surface area contributed by atoms with Crippen LogP contribution in [-0.2, 0) is 15.8 Å². The molecule has 6 nitrogen and oxygen atoms in total. The molecule has 1 aliphatic rings. The van der Waals surface area contributed by atoms with E-state index in [4.69, 9.17) is 0 Å². The highest BCUT2D eigenvalue weighted by atomic mass is 19.4. The summed E-state index contributed by atoms with van der Waals surface area (Å²) < 4.78 is 53.0. The Hall–Kier alpha value is -3.69. The van der Waals surface area contributed by atoms with E-state index < -0.39 is 29.4 Å². The van der Waals surface area contributed by atoms with E-state index in [1.54, 1.807) is 0 Å². The van der Waals surface area contributed by atoms with Crippen LogP contribution in [0.3, 0.4) is 0 Å². The van der Waals surface area contributed by atoms with Crippen LogP contribution >= 0.6 is 0 Å². The van der Waals surface area contributed by atoms with Crippen LogP contribution in [0, 0.1) is 5.82 Å². The molecule has 0 saturated heterocycles. The highest BCUT2D eigenvalue weighted by molar-refractivity contribution is 6.07. The molecular formula is C21H16F4N4O2. The average molecular weight is 432 g/mol. The number of aromatic amines is 1. The third kappa shape index (κ3) is 4.00. The van der Waals surface area contributed by atoms with E-state index in [1.165, 1.54) is 37.4 Å². The van der Waals surface area contributed by atoms with E-state index in [-0.39, 0.29) is 29.3 Å². The van der Waals surface area contributed by atoms with Crippen LogP contribution in [0.1, 0.15) is 30.4 Å². The first-order valence-electron chi connectivity index (χ1n) is 9.25. The maximum absolute atomic E-state index is 14.4. The number of fused-ring (bicyclic) bond motifs is 1. The van der Waals surface area contributed by atoms with Crippen molar-refractivity contribution in [1.29, 1.82) is 0 Å². The summed E-state index contributed by atoms with van der Waals surface area (Å²) in [6.07, 6.45) is -3.16. The van der Waals surface area contributed by atoms with Crippen molar-refractivity contribution in [1.82, 2.24) is 15.5 Å². The van der Waals surface area contributed by atoms with Crippen molar-refractivity contribution in [3.8, 4) is 0 Å². The van der Waals surface area contributed by atoms with E-state index >= 15 is 0 Å². The van der Waals surface area contributed by atoms with Gasteiger partial charge in [-0.15, -0.1) is 0 Å². The van der Waals surface area contributed by atoms with E-state index in [2.05, 4.69) is 20.8 Å². The number of alkyl halides is 3. The van der Waals surface area contributed by atoms with Crippen molar-refractivity contribution in [2.24, 2.45) is 0 Å². The van der Waals surface area contributed by atoms with Crippen LogP contribution in [0.5, 0.6) is 0 Å². The number of benzene rings is 2. The fourth-order valence-electron chi connectivity index (χ4n) is 3.64. The largest absolute Gasteiger partial charge is 0.416 e. The second kappa shape index (κ2) is 7.53. The molecule has 0 saturated carbocycles. The number of anilines is 1. The first-order chi connectivity index (χ1) is 14.6. The Balaban J connectivity index is 1.67. The monoisotopic (exact) mass is 432 g/mol. The van der Waals surface area contributed by atoms with Gasteiger partial charge in [-0.1, -0.05) is 12.1 Å². The average Bonchev–Trinajstić information content (AvgIpc) is 3.14. The number of carbonyl (C=O) groups excluding carboxylic acids is 2. The lowest BCUT2D eigenvalue weighted by Gasteiger charge is -2.27. The first-order valence-corrected chi connectivity index (χ1v) is 9.25. The zero-order chi connectivity index (χ0) is 22.3. The molecule has 0 spiro atoms. The molecule has 1 aromatic heterocycles. The Kier molecular flexibility index (Phi) is 5.00. The highest BCUT2D eigenvalue weighted by Crippen LogP contribution is 2.36. The van der Waals surface area contributed by atoms with Crippen LogP contribution in [0.25, 0.3) is 10.9 Å². The molecule has 160 valence electrons. The SMILES string of the molecule is CC1=C(C(=O)Nc2cc3cn[nH]c3cc2F)[C@@H](c2ccc(C(F)(F)F)cc2)CC(=O)N1. The summed E-state index contributed by atoms with van der Waals surface area (Å²) in [4.78, 5) is 25.1. The van der Waals surface area contributed by atoms with Gasteiger partial charge in [0, 0.05) is 35.1 Å². The normalized spacial score (nSPS) is 17.1. The second-order valence-corrected chi connectivity index (χ2v) is 7.21. The van der Waals surface area contributed by atoms with Gasteiger partial charge >= 0.3 is 6.18 Å². The maximum atomic E-state index is 14.4. The minimum atomic E-state index is -4.50. The van der Waals surface area contributed by atoms with Crippen molar-refractivity contribution < 1.29 is 27.2 Å². The highest BCUT2D eigenvalue weighted by Gasteiger charge is 2.34. The summed E-state index contributed by atoms with van der Waals surface area (Å²) in [7, 11) is 0. The molecule has 4 rings (SSSR count). The molecule has 0 fully saturated rings. The van der Waals surface area contributed by atoms with Gasteiger partial charge in [0.15, 0.2) is 0 Å². The van der Waals surface area contributed by atoms with Crippen molar-refractivity contribution in [2.45, 2.75) is 25.4 Å². The molecule has 0 bridgehead atoms. The number of allylic oxidation sites excluding steroid dienone is 1.